The normalized spacial score (nSPS) is 11.3. The van der Waals surface area contributed by atoms with E-state index >= 15 is 0 Å². The Hall–Kier alpha value is -2.47. The summed E-state index contributed by atoms with van der Waals surface area (Å²) in [5, 5.41) is 5.30. The van der Waals surface area contributed by atoms with Crippen LogP contribution in [0.2, 0.25) is 0 Å². The van der Waals surface area contributed by atoms with Crippen LogP contribution in [0.25, 0.3) is 6.08 Å². The van der Waals surface area contributed by atoms with Crippen molar-refractivity contribution in [2.45, 2.75) is 46.3 Å². The summed E-state index contributed by atoms with van der Waals surface area (Å²) in [6.07, 6.45) is 3.39. The number of thiazole rings is 1. The van der Waals surface area contributed by atoms with Crippen LogP contribution in [-0.4, -0.2) is 33.8 Å². The summed E-state index contributed by atoms with van der Waals surface area (Å²) in [4.78, 5) is 30.7. The Kier molecular flexibility index (Phi) is 7.09. The third kappa shape index (κ3) is 5.81. The second kappa shape index (κ2) is 9.29. The smallest absolute Gasteiger partial charge is 0.270 e. The van der Waals surface area contributed by atoms with Crippen LogP contribution < -0.4 is 5.32 Å². The van der Waals surface area contributed by atoms with E-state index in [1.807, 2.05) is 58.0 Å². The minimum Gasteiger partial charge on any atom is -0.349 e. The number of nitrogens with one attached hydrogen (secondary N) is 1. The third-order valence-corrected chi connectivity index (χ3v) is 4.47. The van der Waals surface area contributed by atoms with E-state index < -0.39 is 0 Å². The van der Waals surface area contributed by atoms with Crippen LogP contribution in [0, 0.1) is 0 Å². The molecule has 0 saturated heterocycles. The van der Waals surface area contributed by atoms with Gasteiger partial charge in [0, 0.05) is 23.5 Å². The zero-order valence-corrected chi connectivity index (χ0v) is 16.4. The molecule has 0 saturated carbocycles. The number of aromatic nitrogens is 1. The molecule has 2 rings (SSSR count). The lowest BCUT2D eigenvalue weighted by Crippen LogP contribution is -2.35. The second-order valence-electron chi connectivity index (χ2n) is 6.56. The first-order valence-electron chi connectivity index (χ1n) is 8.65. The highest BCUT2D eigenvalue weighted by Crippen LogP contribution is 2.15. The van der Waals surface area contributed by atoms with E-state index in [1.165, 1.54) is 11.3 Å². The van der Waals surface area contributed by atoms with Crippen molar-refractivity contribution >= 4 is 29.2 Å². The van der Waals surface area contributed by atoms with Crippen LogP contribution in [0.15, 0.2) is 41.8 Å². The fourth-order valence-corrected chi connectivity index (χ4v) is 3.08. The maximum absolute atomic E-state index is 12.6. The van der Waals surface area contributed by atoms with Gasteiger partial charge >= 0.3 is 0 Å². The van der Waals surface area contributed by atoms with E-state index in [4.69, 9.17) is 0 Å². The molecule has 1 aromatic heterocycles. The highest BCUT2D eigenvalue weighted by atomic mass is 32.1. The van der Waals surface area contributed by atoms with Gasteiger partial charge in [0.05, 0.1) is 6.54 Å². The average Bonchev–Trinajstić information content (AvgIpc) is 3.06. The number of carbonyl (C=O) groups excluding carboxylic acids is 2. The fourth-order valence-electron chi connectivity index (χ4n) is 2.31. The van der Waals surface area contributed by atoms with E-state index in [9.17, 15) is 9.59 Å². The van der Waals surface area contributed by atoms with E-state index in [-0.39, 0.29) is 23.9 Å². The number of hydrogen-bond donors (Lipinski definition) is 1. The molecule has 0 fully saturated rings. The first-order chi connectivity index (χ1) is 12.4. The summed E-state index contributed by atoms with van der Waals surface area (Å²) in [5.74, 6) is -0.263. The molecule has 1 N–H and O–H groups in total. The van der Waals surface area contributed by atoms with Gasteiger partial charge in [0.25, 0.3) is 5.91 Å². The molecule has 1 aromatic carbocycles. The SMILES string of the molecule is CC(C)NC(=O)c1csc(CN(C(=O)/C=C/c2ccccc2)C(C)C)n1. The van der Waals surface area contributed by atoms with Crippen LogP contribution in [0.3, 0.4) is 0 Å². The number of benzene rings is 1. The van der Waals surface area contributed by atoms with Crippen LogP contribution in [-0.2, 0) is 11.3 Å². The highest BCUT2D eigenvalue weighted by molar-refractivity contribution is 7.09. The molecule has 0 radical (unpaired) electrons. The van der Waals surface area contributed by atoms with Gasteiger partial charge in [0.15, 0.2) is 0 Å². The highest BCUT2D eigenvalue weighted by Gasteiger charge is 2.18. The average molecular weight is 372 g/mol. The summed E-state index contributed by atoms with van der Waals surface area (Å²) >= 11 is 1.39. The van der Waals surface area contributed by atoms with Crippen molar-refractivity contribution < 1.29 is 9.59 Å². The Labute approximate surface area is 158 Å². The van der Waals surface area contributed by atoms with Gasteiger partial charge < -0.3 is 10.2 Å². The van der Waals surface area contributed by atoms with Gasteiger partial charge in [-0.3, -0.25) is 9.59 Å². The minimum absolute atomic E-state index is 0.0276. The van der Waals surface area contributed by atoms with Crippen molar-refractivity contribution in [1.82, 2.24) is 15.2 Å². The van der Waals surface area contributed by atoms with Crippen LogP contribution in [0.1, 0.15) is 48.8 Å². The van der Waals surface area contributed by atoms with Gasteiger partial charge in [-0.05, 0) is 39.3 Å². The summed E-state index contributed by atoms with van der Waals surface area (Å²) in [5.41, 5.74) is 1.38. The van der Waals surface area contributed by atoms with Gasteiger partial charge in [-0.15, -0.1) is 11.3 Å². The monoisotopic (exact) mass is 371 g/mol. The molecule has 1 heterocycles. The molecule has 138 valence electrons. The first kappa shape index (κ1) is 19.8. The quantitative estimate of drug-likeness (QED) is 0.754. The number of amides is 2. The van der Waals surface area contributed by atoms with Crippen molar-refractivity contribution in [3.63, 3.8) is 0 Å². The summed E-state index contributed by atoms with van der Waals surface area (Å²) in [7, 11) is 0. The summed E-state index contributed by atoms with van der Waals surface area (Å²) < 4.78 is 0. The first-order valence-corrected chi connectivity index (χ1v) is 9.53. The molecular weight excluding hydrogens is 346 g/mol. The van der Waals surface area contributed by atoms with E-state index in [0.29, 0.717) is 12.2 Å². The molecule has 26 heavy (non-hydrogen) atoms. The number of carbonyl (C=O) groups is 2. The largest absolute Gasteiger partial charge is 0.349 e. The van der Waals surface area contributed by atoms with Gasteiger partial charge in [-0.1, -0.05) is 30.3 Å². The van der Waals surface area contributed by atoms with Crippen molar-refractivity contribution in [2.24, 2.45) is 0 Å². The molecule has 2 aromatic rings. The van der Waals surface area contributed by atoms with Gasteiger partial charge in [-0.2, -0.15) is 0 Å². The molecule has 0 atom stereocenters. The Bertz CT molecular complexity index is 766. The Morgan fingerprint density at radius 3 is 2.50 bits per heavy atom. The van der Waals surface area contributed by atoms with Crippen LogP contribution in [0.5, 0.6) is 0 Å². The summed E-state index contributed by atoms with van der Waals surface area (Å²) in [6.45, 7) is 8.13. The Balaban J connectivity index is 2.06. The number of hydrogen-bond acceptors (Lipinski definition) is 4. The third-order valence-electron chi connectivity index (χ3n) is 3.63. The zero-order valence-electron chi connectivity index (χ0n) is 15.6. The number of rotatable bonds is 7. The molecular formula is C20H25N3O2S. The lowest BCUT2D eigenvalue weighted by Gasteiger charge is -2.24. The molecule has 0 unspecified atom stereocenters. The maximum Gasteiger partial charge on any atom is 0.270 e. The summed E-state index contributed by atoms with van der Waals surface area (Å²) in [6, 6.07) is 9.79. The van der Waals surface area contributed by atoms with Crippen LogP contribution >= 0.6 is 11.3 Å². The van der Waals surface area contributed by atoms with Crippen molar-refractivity contribution in [2.75, 3.05) is 0 Å². The molecule has 0 aliphatic carbocycles. The molecule has 0 aliphatic rings. The molecule has 0 aliphatic heterocycles. The molecule has 6 heteroatoms. The van der Waals surface area contributed by atoms with Gasteiger partial charge in [0.1, 0.15) is 10.7 Å². The molecule has 0 spiro atoms. The van der Waals surface area contributed by atoms with Gasteiger partial charge in [0.2, 0.25) is 5.91 Å². The Morgan fingerprint density at radius 2 is 1.88 bits per heavy atom. The molecule has 0 bridgehead atoms. The topological polar surface area (TPSA) is 62.3 Å². The lowest BCUT2D eigenvalue weighted by molar-refractivity contribution is -0.128. The van der Waals surface area contributed by atoms with Gasteiger partial charge in [-0.25, -0.2) is 4.98 Å². The standard InChI is InChI=1S/C20H25N3O2S/c1-14(2)21-20(25)17-13-26-18(22-17)12-23(15(3)4)19(24)11-10-16-8-6-5-7-9-16/h5-11,13-15H,12H2,1-4H3,(H,21,25)/b11-10+. The lowest BCUT2D eigenvalue weighted by atomic mass is 10.2. The van der Waals surface area contributed by atoms with E-state index in [1.54, 1.807) is 22.4 Å². The molecule has 5 nitrogen and oxygen atoms in total. The maximum atomic E-state index is 12.6. The van der Waals surface area contributed by atoms with Crippen LogP contribution in [0.4, 0.5) is 0 Å². The van der Waals surface area contributed by atoms with E-state index in [0.717, 1.165) is 10.6 Å². The number of nitrogens with zero attached hydrogens (tertiary/aromatic N) is 2. The van der Waals surface area contributed by atoms with Crippen molar-refractivity contribution in [3.05, 3.63) is 58.1 Å². The Morgan fingerprint density at radius 1 is 1.19 bits per heavy atom. The fraction of sp³-hybridized carbons (Fsp3) is 0.350. The minimum atomic E-state index is -0.186. The van der Waals surface area contributed by atoms with E-state index in [2.05, 4.69) is 10.3 Å². The van der Waals surface area contributed by atoms with Crippen molar-refractivity contribution in [1.29, 1.82) is 0 Å². The zero-order chi connectivity index (χ0) is 19.1. The predicted octanol–water partition coefficient (Wildman–Crippen LogP) is 3.73. The molecule has 2 amide bonds. The van der Waals surface area contributed by atoms with Crippen molar-refractivity contribution in [3.8, 4) is 0 Å². The second-order valence-corrected chi connectivity index (χ2v) is 7.50. The predicted molar refractivity (Wildman–Crippen MR) is 106 cm³/mol.